The van der Waals surface area contributed by atoms with Crippen molar-refractivity contribution in [2.75, 3.05) is 38.9 Å². The van der Waals surface area contributed by atoms with Crippen LogP contribution in [0, 0.1) is 0 Å². The van der Waals surface area contributed by atoms with Gasteiger partial charge in [-0.05, 0) is 30.7 Å². The van der Waals surface area contributed by atoms with Crippen molar-refractivity contribution < 1.29 is 19.0 Å². The van der Waals surface area contributed by atoms with E-state index in [1.807, 2.05) is 12.1 Å². The van der Waals surface area contributed by atoms with Gasteiger partial charge in [0.15, 0.2) is 0 Å². The lowest BCUT2D eigenvalue weighted by atomic mass is 10.3. The van der Waals surface area contributed by atoms with Crippen LogP contribution in [0.4, 0.5) is 5.69 Å². The number of carbonyl (C=O) groups excluding carboxylic acids is 1. The van der Waals surface area contributed by atoms with Gasteiger partial charge in [0.05, 0.1) is 19.8 Å². The smallest absolute Gasteiger partial charge is 0.250 e. The topological polar surface area (TPSA) is 56.8 Å². The fourth-order valence-corrected chi connectivity index (χ4v) is 1.36. The highest BCUT2D eigenvalue weighted by molar-refractivity contribution is 5.91. The lowest BCUT2D eigenvalue weighted by Crippen LogP contribution is -2.19. The Labute approximate surface area is 113 Å². The molecule has 0 spiro atoms. The number of nitrogens with one attached hydrogen (secondary N) is 1. The van der Waals surface area contributed by atoms with Crippen LogP contribution >= 0.6 is 0 Å². The van der Waals surface area contributed by atoms with Gasteiger partial charge in [0, 0.05) is 12.8 Å². The summed E-state index contributed by atoms with van der Waals surface area (Å²) in [7, 11) is 1.59. The number of hydrogen-bond acceptors (Lipinski definition) is 4. The zero-order valence-electron chi connectivity index (χ0n) is 11.5. The molecule has 0 unspecified atom stereocenters. The van der Waals surface area contributed by atoms with Crippen LogP contribution in [0.3, 0.4) is 0 Å². The molecule has 0 bridgehead atoms. The normalized spacial score (nSPS) is 10.2. The maximum absolute atomic E-state index is 11.5. The van der Waals surface area contributed by atoms with E-state index in [4.69, 9.17) is 14.2 Å². The molecule has 1 aromatic rings. The van der Waals surface area contributed by atoms with E-state index in [9.17, 15) is 4.79 Å². The molecule has 0 aromatic heterocycles. The van der Waals surface area contributed by atoms with Crippen LogP contribution in [0.2, 0.25) is 0 Å². The molecular weight excluding hydrogens is 246 g/mol. The number of methoxy groups -OCH3 is 1. The number of ether oxygens (including phenoxy) is 3. The van der Waals surface area contributed by atoms with Crippen molar-refractivity contribution in [3.8, 4) is 5.75 Å². The van der Waals surface area contributed by atoms with Crippen molar-refractivity contribution in [3.05, 3.63) is 24.3 Å². The molecule has 0 fully saturated rings. The molecule has 0 aliphatic carbocycles. The highest BCUT2D eigenvalue weighted by Crippen LogP contribution is 2.15. The van der Waals surface area contributed by atoms with E-state index >= 15 is 0 Å². The molecule has 1 rings (SSSR count). The van der Waals surface area contributed by atoms with Gasteiger partial charge < -0.3 is 19.5 Å². The Morgan fingerprint density at radius 1 is 1.16 bits per heavy atom. The zero-order valence-corrected chi connectivity index (χ0v) is 11.5. The molecule has 1 aromatic carbocycles. The summed E-state index contributed by atoms with van der Waals surface area (Å²) in [5.41, 5.74) is 0.726. The lowest BCUT2D eigenvalue weighted by molar-refractivity contribution is -0.121. The molecule has 1 N–H and O–H groups in total. The fourth-order valence-electron chi connectivity index (χ4n) is 1.36. The summed E-state index contributed by atoms with van der Waals surface area (Å²) in [5, 5.41) is 2.74. The second kappa shape index (κ2) is 9.35. The number of carbonyl (C=O) groups is 1. The van der Waals surface area contributed by atoms with Crippen molar-refractivity contribution >= 4 is 11.6 Å². The maximum Gasteiger partial charge on any atom is 0.250 e. The molecular formula is C14H21NO4. The van der Waals surface area contributed by atoms with Crippen LogP contribution in [0.15, 0.2) is 24.3 Å². The first-order chi connectivity index (χ1) is 9.26. The molecule has 0 heterocycles. The van der Waals surface area contributed by atoms with Gasteiger partial charge in [-0.2, -0.15) is 0 Å². The van der Waals surface area contributed by atoms with E-state index in [2.05, 4.69) is 12.2 Å². The van der Waals surface area contributed by atoms with Crippen LogP contribution < -0.4 is 10.1 Å². The Balaban J connectivity index is 2.29. The number of benzene rings is 1. The van der Waals surface area contributed by atoms with Crippen molar-refractivity contribution in [2.24, 2.45) is 0 Å². The summed E-state index contributed by atoms with van der Waals surface area (Å²) < 4.78 is 15.4. The second-order valence-electron chi connectivity index (χ2n) is 3.97. The van der Waals surface area contributed by atoms with Crippen molar-refractivity contribution in [1.29, 1.82) is 0 Å². The second-order valence-corrected chi connectivity index (χ2v) is 3.97. The highest BCUT2D eigenvalue weighted by Gasteiger charge is 2.02. The van der Waals surface area contributed by atoms with Gasteiger partial charge in [0.2, 0.25) is 5.91 Å². The van der Waals surface area contributed by atoms with Gasteiger partial charge in [-0.15, -0.1) is 0 Å². The van der Waals surface area contributed by atoms with E-state index in [1.165, 1.54) is 0 Å². The van der Waals surface area contributed by atoms with E-state index in [0.717, 1.165) is 17.9 Å². The predicted molar refractivity (Wildman–Crippen MR) is 73.6 cm³/mol. The highest BCUT2D eigenvalue weighted by atomic mass is 16.5. The lowest BCUT2D eigenvalue weighted by Gasteiger charge is -2.08. The van der Waals surface area contributed by atoms with Gasteiger partial charge >= 0.3 is 0 Å². The van der Waals surface area contributed by atoms with Gasteiger partial charge in [-0.1, -0.05) is 6.92 Å². The Kier molecular flexibility index (Phi) is 7.62. The minimum Gasteiger partial charge on any atom is -0.494 e. The zero-order chi connectivity index (χ0) is 13.9. The number of rotatable bonds is 9. The SMILES string of the molecule is CCCOc1ccc(NC(=O)COCCOC)cc1. The molecule has 5 heteroatoms. The first kappa shape index (κ1) is 15.5. The largest absolute Gasteiger partial charge is 0.494 e. The fraction of sp³-hybridized carbons (Fsp3) is 0.500. The summed E-state index contributed by atoms with van der Waals surface area (Å²) in [4.78, 5) is 11.5. The standard InChI is InChI=1S/C14H21NO4/c1-3-8-19-13-6-4-12(5-7-13)15-14(16)11-18-10-9-17-2/h4-7H,3,8-11H2,1-2H3,(H,15,16). The summed E-state index contributed by atoms with van der Waals surface area (Å²) in [6.45, 7) is 3.67. The molecule has 5 nitrogen and oxygen atoms in total. The molecule has 0 saturated heterocycles. The summed E-state index contributed by atoms with van der Waals surface area (Å²) in [6, 6.07) is 7.27. The molecule has 0 saturated carbocycles. The molecule has 0 aliphatic rings. The molecule has 0 atom stereocenters. The first-order valence-electron chi connectivity index (χ1n) is 6.35. The van der Waals surface area contributed by atoms with Gasteiger partial charge in [-0.25, -0.2) is 0 Å². The number of hydrogen-bond donors (Lipinski definition) is 1. The van der Waals surface area contributed by atoms with E-state index in [-0.39, 0.29) is 12.5 Å². The van der Waals surface area contributed by atoms with Crippen LogP contribution in [0.25, 0.3) is 0 Å². The summed E-state index contributed by atoms with van der Waals surface area (Å²) in [5.74, 6) is 0.620. The maximum atomic E-state index is 11.5. The van der Waals surface area contributed by atoms with Crippen molar-refractivity contribution in [3.63, 3.8) is 0 Å². The minimum atomic E-state index is -0.182. The molecule has 0 aliphatic heterocycles. The van der Waals surface area contributed by atoms with Crippen LogP contribution in [0.5, 0.6) is 5.75 Å². The average molecular weight is 267 g/mol. The van der Waals surface area contributed by atoms with Crippen LogP contribution in [-0.2, 0) is 14.3 Å². The van der Waals surface area contributed by atoms with Gasteiger partial charge in [-0.3, -0.25) is 4.79 Å². The van der Waals surface area contributed by atoms with E-state index < -0.39 is 0 Å². The Hall–Kier alpha value is -1.59. The molecule has 19 heavy (non-hydrogen) atoms. The first-order valence-corrected chi connectivity index (χ1v) is 6.35. The Morgan fingerprint density at radius 2 is 1.89 bits per heavy atom. The number of anilines is 1. The third-order valence-corrected chi connectivity index (χ3v) is 2.28. The van der Waals surface area contributed by atoms with Crippen molar-refractivity contribution in [1.82, 2.24) is 0 Å². The van der Waals surface area contributed by atoms with E-state index in [0.29, 0.717) is 19.8 Å². The number of amides is 1. The van der Waals surface area contributed by atoms with Crippen LogP contribution in [0.1, 0.15) is 13.3 Å². The van der Waals surface area contributed by atoms with Crippen LogP contribution in [-0.4, -0.2) is 39.4 Å². The predicted octanol–water partition coefficient (Wildman–Crippen LogP) is 2.08. The monoisotopic (exact) mass is 267 g/mol. The van der Waals surface area contributed by atoms with Gasteiger partial charge in [0.1, 0.15) is 12.4 Å². The average Bonchev–Trinajstić information content (AvgIpc) is 2.43. The van der Waals surface area contributed by atoms with E-state index in [1.54, 1.807) is 19.2 Å². The van der Waals surface area contributed by atoms with Crippen molar-refractivity contribution in [2.45, 2.75) is 13.3 Å². The molecule has 1 amide bonds. The van der Waals surface area contributed by atoms with Gasteiger partial charge in [0.25, 0.3) is 0 Å². The Bertz CT molecular complexity index is 364. The quantitative estimate of drug-likeness (QED) is 0.696. The Morgan fingerprint density at radius 3 is 2.53 bits per heavy atom. The molecule has 106 valence electrons. The summed E-state index contributed by atoms with van der Waals surface area (Å²) in [6.07, 6.45) is 0.970. The minimum absolute atomic E-state index is 0.0252. The molecule has 0 radical (unpaired) electrons. The summed E-state index contributed by atoms with van der Waals surface area (Å²) >= 11 is 0. The third kappa shape index (κ3) is 6.79. The third-order valence-electron chi connectivity index (χ3n) is 2.28.